The molecular formula is C20H22ClN3O5S. The summed E-state index contributed by atoms with van der Waals surface area (Å²) in [5.74, 6) is -0.394. The summed E-state index contributed by atoms with van der Waals surface area (Å²) in [5.41, 5.74) is 2.19. The first-order valence-corrected chi connectivity index (χ1v) is 11.2. The summed E-state index contributed by atoms with van der Waals surface area (Å²) in [4.78, 5) is 25.0. The van der Waals surface area contributed by atoms with E-state index in [1.807, 2.05) is 19.1 Å². The third kappa shape index (κ3) is 4.19. The number of aryl methyl sites for hydroxylation is 3. The number of carbonyl (C=O) groups is 1. The maximum Gasteiger partial charge on any atom is 0.288 e. The second-order valence-corrected chi connectivity index (χ2v) is 9.63. The van der Waals surface area contributed by atoms with Crippen LogP contribution >= 0.6 is 11.6 Å². The van der Waals surface area contributed by atoms with Crippen molar-refractivity contribution in [1.82, 2.24) is 9.21 Å². The Morgan fingerprint density at radius 2 is 1.60 bits per heavy atom. The predicted molar refractivity (Wildman–Crippen MR) is 113 cm³/mol. The molecule has 0 spiro atoms. The molecule has 3 rings (SSSR count). The van der Waals surface area contributed by atoms with Crippen molar-refractivity contribution in [3.05, 3.63) is 67.7 Å². The SMILES string of the molecule is Cc1cc(C)c(S(=O)(=O)N2CCN(C(=O)c3ccc(Cl)c([N+](=O)[O-])c3)CC2)c(C)c1. The molecule has 0 saturated carbocycles. The number of nitrogens with zero attached hydrogens (tertiary/aromatic N) is 3. The van der Waals surface area contributed by atoms with Crippen LogP contribution in [-0.4, -0.2) is 54.6 Å². The van der Waals surface area contributed by atoms with Gasteiger partial charge in [-0.15, -0.1) is 0 Å². The van der Waals surface area contributed by atoms with E-state index >= 15 is 0 Å². The number of benzene rings is 2. The molecule has 1 heterocycles. The summed E-state index contributed by atoms with van der Waals surface area (Å²) < 4.78 is 27.7. The van der Waals surface area contributed by atoms with Gasteiger partial charge in [-0.2, -0.15) is 4.31 Å². The Bertz CT molecular complexity index is 1100. The first-order chi connectivity index (χ1) is 14.0. The van der Waals surface area contributed by atoms with Gasteiger partial charge in [0.25, 0.3) is 11.6 Å². The fourth-order valence-electron chi connectivity index (χ4n) is 3.80. The van der Waals surface area contributed by atoms with Crippen LogP contribution in [0.25, 0.3) is 0 Å². The maximum absolute atomic E-state index is 13.2. The standard InChI is InChI=1S/C20H22ClN3O5S/c1-13-10-14(2)19(15(3)11-13)30(28,29)23-8-6-22(7-9-23)20(25)16-4-5-17(21)18(12-16)24(26)27/h4-5,10-12H,6-9H2,1-3H3. The fraction of sp³-hybridized carbons (Fsp3) is 0.350. The van der Waals surface area contributed by atoms with Crippen molar-refractivity contribution in [2.24, 2.45) is 0 Å². The molecule has 1 aliphatic heterocycles. The lowest BCUT2D eigenvalue weighted by molar-refractivity contribution is -0.384. The zero-order valence-corrected chi connectivity index (χ0v) is 18.5. The van der Waals surface area contributed by atoms with Crippen molar-refractivity contribution in [3.8, 4) is 0 Å². The van der Waals surface area contributed by atoms with Crippen molar-refractivity contribution in [3.63, 3.8) is 0 Å². The zero-order valence-electron chi connectivity index (χ0n) is 16.9. The van der Waals surface area contributed by atoms with Crippen LogP contribution < -0.4 is 0 Å². The third-order valence-electron chi connectivity index (χ3n) is 5.12. The Morgan fingerprint density at radius 3 is 2.13 bits per heavy atom. The van der Waals surface area contributed by atoms with Crippen molar-refractivity contribution in [1.29, 1.82) is 0 Å². The summed E-state index contributed by atoms with van der Waals surface area (Å²) in [6.07, 6.45) is 0. The summed E-state index contributed by atoms with van der Waals surface area (Å²) in [6.45, 7) is 6.16. The van der Waals surface area contributed by atoms with Gasteiger partial charge in [0.15, 0.2) is 0 Å². The van der Waals surface area contributed by atoms with Crippen LogP contribution in [0.1, 0.15) is 27.0 Å². The first kappa shape index (κ1) is 22.2. The summed E-state index contributed by atoms with van der Waals surface area (Å²) in [6, 6.07) is 7.57. The first-order valence-electron chi connectivity index (χ1n) is 9.33. The van der Waals surface area contributed by atoms with Crippen LogP contribution in [0.2, 0.25) is 5.02 Å². The van der Waals surface area contributed by atoms with Crippen LogP contribution in [0.3, 0.4) is 0 Å². The highest BCUT2D eigenvalue weighted by molar-refractivity contribution is 7.89. The largest absolute Gasteiger partial charge is 0.336 e. The number of carbonyl (C=O) groups excluding carboxylic acids is 1. The molecule has 1 aliphatic rings. The molecule has 0 N–H and O–H groups in total. The van der Waals surface area contributed by atoms with Crippen molar-refractivity contribution < 1.29 is 18.1 Å². The van der Waals surface area contributed by atoms with E-state index < -0.39 is 20.9 Å². The van der Waals surface area contributed by atoms with Gasteiger partial charge in [-0.25, -0.2) is 8.42 Å². The predicted octanol–water partition coefficient (Wildman–Crippen LogP) is 3.32. The Hall–Kier alpha value is -2.49. The van der Waals surface area contributed by atoms with Crippen molar-refractivity contribution >= 4 is 33.2 Å². The molecule has 0 radical (unpaired) electrons. The molecule has 160 valence electrons. The summed E-state index contributed by atoms with van der Waals surface area (Å²) in [7, 11) is -3.69. The van der Waals surface area contributed by atoms with Gasteiger partial charge in [-0.05, 0) is 44.0 Å². The van der Waals surface area contributed by atoms with Crippen LogP contribution in [-0.2, 0) is 10.0 Å². The van der Waals surface area contributed by atoms with E-state index in [2.05, 4.69) is 0 Å². The number of nitro groups is 1. The second-order valence-electron chi connectivity index (χ2n) is 7.35. The number of piperazine rings is 1. The number of hydrogen-bond donors (Lipinski definition) is 0. The molecule has 8 nitrogen and oxygen atoms in total. The van der Waals surface area contributed by atoms with Gasteiger partial charge in [-0.3, -0.25) is 14.9 Å². The van der Waals surface area contributed by atoms with Gasteiger partial charge >= 0.3 is 0 Å². The fourth-order valence-corrected chi connectivity index (χ4v) is 5.82. The molecule has 2 aromatic carbocycles. The van der Waals surface area contributed by atoms with Crippen LogP contribution in [0, 0.1) is 30.9 Å². The molecule has 0 unspecified atom stereocenters. The van der Waals surface area contributed by atoms with Gasteiger partial charge in [-0.1, -0.05) is 29.3 Å². The number of amides is 1. The van der Waals surface area contributed by atoms with Gasteiger partial charge in [0.2, 0.25) is 10.0 Å². The highest BCUT2D eigenvalue weighted by atomic mass is 35.5. The maximum atomic E-state index is 13.2. The summed E-state index contributed by atoms with van der Waals surface area (Å²) >= 11 is 5.80. The lowest BCUT2D eigenvalue weighted by Crippen LogP contribution is -2.50. The van der Waals surface area contributed by atoms with Crippen molar-refractivity contribution in [2.75, 3.05) is 26.2 Å². The highest BCUT2D eigenvalue weighted by Gasteiger charge is 2.32. The van der Waals surface area contributed by atoms with Crippen LogP contribution in [0.5, 0.6) is 0 Å². The lowest BCUT2D eigenvalue weighted by Gasteiger charge is -2.34. The Kier molecular flexibility index (Phi) is 6.16. The third-order valence-corrected chi connectivity index (χ3v) is 7.64. The van der Waals surface area contributed by atoms with E-state index in [-0.39, 0.29) is 42.5 Å². The van der Waals surface area contributed by atoms with Gasteiger partial charge in [0, 0.05) is 37.8 Å². The molecule has 1 fully saturated rings. The molecule has 1 amide bonds. The monoisotopic (exact) mass is 451 g/mol. The second kappa shape index (κ2) is 8.33. The smallest absolute Gasteiger partial charge is 0.288 e. The lowest BCUT2D eigenvalue weighted by atomic mass is 10.1. The van der Waals surface area contributed by atoms with E-state index in [1.54, 1.807) is 13.8 Å². The quantitative estimate of drug-likeness (QED) is 0.524. The Balaban J connectivity index is 1.77. The summed E-state index contributed by atoms with van der Waals surface area (Å²) in [5, 5.41) is 11.0. The van der Waals surface area contributed by atoms with E-state index in [0.717, 1.165) is 11.6 Å². The van der Waals surface area contributed by atoms with Gasteiger partial charge in [0.1, 0.15) is 5.02 Å². The van der Waals surface area contributed by atoms with Crippen molar-refractivity contribution in [2.45, 2.75) is 25.7 Å². The van der Waals surface area contributed by atoms with E-state index in [9.17, 15) is 23.3 Å². The number of halogens is 1. The normalized spacial score (nSPS) is 15.3. The Labute approximate surface area is 180 Å². The van der Waals surface area contributed by atoms with Gasteiger partial charge < -0.3 is 4.90 Å². The topological polar surface area (TPSA) is 101 Å². The Morgan fingerprint density at radius 1 is 1.03 bits per heavy atom. The molecule has 0 aliphatic carbocycles. The van der Waals surface area contributed by atoms with E-state index in [0.29, 0.717) is 16.0 Å². The minimum atomic E-state index is -3.69. The molecule has 0 bridgehead atoms. The van der Waals surface area contributed by atoms with E-state index in [1.165, 1.54) is 21.3 Å². The van der Waals surface area contributed by atoms with E-state index in [4.69, 9.17) is 11.6 Å². The number of rotatable bonds is 4. The molecule has 10 heteroatoms. The minimum Gasteiger partial charge on any atom is -0.336 e. The minimum absolute atomic E-state index is 0.0451. The van der Waals surface area contributed by atoms with Crippen LogP contribution in [0.15, 0.2) is 35.2 Å². The zero-order chi connectivity index (χ0) is 22.2. The molecule has 1 saturated heterocycles. The molecular weight excluding hydrogens is 430 g/mol. The molecule has 0 atom stereocenters. The highest BCUT2D eigenvalue weighted by Crippen LogP contribution is 2.28. The number of sulfonamides is 1. The molecule has 30 heavy (non-hydrogen) atoms. The average Bonchev–Trinajstić information content (AvgIpc) is 2.66. The number of nitro benzene ring substituents is 1. The molecule has 0 aromatic heterocycles. The molecule has 2 aromatic rings. The van der Waals surface area contributed by atoms with Gasteiger partial charge in [0.05, 0.1) is 9.82 Å². The number of hydrogen-bond acceptors (Lipinski definition) is 5. The average molecular weight is 452 g/mol. The van der Waals surface area contributed by atoms with Crippen LogP contribution in [0.4, 0.5) is 5.69 Å².